The quantitative estimate of drug-likeness (QED) is 0.441. The van der Waals surface area contributed by atoms with Crippen LogP contribution in [0.25, 0.3) is 11.4 Å². The summed E-state index contributed by atoms with van der Waals surface area (Å²) in [5, 5.41) is 11.3. The zero-order valence-electron chi connectivity index (χ0n) is 15.6. The second-order valence-corrected chi connectivity index (χ2v) is 6.81. The Morgan fingerprint density at radius 2 is 2.07 bits per heavy atom. The van der Waals surface area contributed by atoms with Crippen molar-refractivity contribution in [2.45, 2.75) is 11.7 Å². The van der Waals surface area contributed by atoms with Crippen LogP contribution in [-0.4, -0.2) is 33.5 Å². The van der Waals surface area contributed by atoms with Gasteiger partial charge in [-0.25, -0.2) is 8.78 Å². The summed E-state index contributed by atoms with van der Waals surface area (Å²) < 4.78 is 33.9. The highest BCUT2D eigenvalue weighted by atomic mass is 32.2. The fraction of sp³-hybridized carbons (Fsp3) is 0.150. The van der Waals surface area contributed by atoms with Crippen LogP contribution < -0.4 is 10.1 Å². The van der Waals surface area contributed by atoms with Crippen LogP contribution in [0.4, 0.5) is 14.5 Å². The van der Waals surface area contributed by atoms with Crippen LogP contribution in [-0.2, 0) is 11.3 Å². The molecule has 1 heterocycles. The molecule has 6 nitrogen and oxygen atoms in total. The lowest BCUT2D eigenvalue weighted by Crippen LogP contribution is -2.15. The molecule has 0 radical (unpaired) electrons. The van der Waals surface area contributed by atoms with E-state index in [1.165, 1.54) is 6.07 Å². The van der Waals surface area contributed by atoms with Crippen molar-refractivity contribution >= 4 is 23.4 Å². The Bertz CT molecular complexity index is 1040. The lowest BCUT2D eigenvalue weighted by atomic mass is 10.2. The zero-order chi connectivity index (χ0) is 20.8. The summed E-state index contributed by atoms with van der Waals surface area (Å²) in [6.45, 7) is 4.18. The smallest absolute Gasteiger partial charge is 0.234 e. The van der Waals surface area contributed by atoms with E-state index >= 15 is 0 Å². The molecule has 29 heavy (non-hydrogen) atoms. The molecule has 1 amide bonds. The number of carbonyl (C=O) groups excluding carboxylic acids is 1. The third-order valence-electron chi connectivity index (χ3n) is 3.91. The minimum absolute atomic E-state index is 0.0297. The van der Waals surface area contributed by atoms with E-state index in [2.05, 4.69) is 22.1 Å². The number of amides is 1. The Morgan fingerprint density at radius 1 is 1.28 bits per heavy atom. The van der Waals surface area contributed by atoms with Gasteiger partial charge in [0.15, 0.2) is 11.0 Å². The van der Waals surface area contributed by atoms with E-state index in [-0.39, 0.29) is 11.4 Å². The fourth-order valence-electron chi connectivity index (χ4n) is 2.63. The first-order chi connectivity index (χ1) is 14.0. The second-order valence-electron chi connectivity index (χ2n) is 5.87. The molecular weight excluding hydrogens is 398 g/mol. The predicted octanol–water partition coefficient (Wildman–Crippen LogP) is 4.15. The number of thioether (sulfide) groups is 1. The van der Waals surface area contributed by atoms with Crippen molar-refractivity contribution in [2.75, 3.05) is 18.2 Å². The number of nitrogens with one attached hydrogen (secondary N) is 1. The predicted molar refractivity (Wildman–Crippen MR) is 108 cm³/mol. The number of nitrogens with zero attached hydrogens (tertiary/aromatic N) is 3. The van der Waals surface area contributed by atoms with E-state index in [4.69, 9.17) is 4.74 Å². The molecule has 0 saturated carbocycles. The van der Waals surface area contributed by atoms with Gasteiger partial charge in [0.1, 0.15) is 17.4 Å². The Labute approximate surface area is 170 Å². The number of ether oxygens (including phenoxy) is 1. The lowest BCUT2D eigenvalue weighted by molar-refractivity contribution is -0.113. The molecule has 3 rings (SSSR count). The monoisotopic (exact) mass is 416 g/mol. The Kier molecular flexibility index (Phi) is 6.61. The van der Waals surface area contributed by atoms with E-state index in [0.717, 1.165) is 23.4 Å². The fourth-order valence-corrected chi connectivity index (χ4v) is 3.37. The van der Waals surface area contributed by atoms with E-state index in [1.54, 1.807) is 17.8 Å². The first-order valence-electron chi connectivity index (χ1n) is 8.58. The Balaban J connectivity index is 1.76. The van der Waals surface area contributed by atoms with Gasteiger partial charge < -0.3 is 10.1 Å². The van der Waals surface area contributed by atoms with Gasteiger partial charge in [-0.2, -0.15) is 0 Å². The highest BCUT2D eigenvalue weighted by Crippen LogP contribution is 2.31. The van der Waals surface area contributed by atoms with Crippen molar-refractivity contribution in [3.8, 4) is 17.1 Å². The van der Waals surface area contributed by atoms with Crippen molar-refractivity contribution in [1.82, 2.24) is 14.8 Å². The number of methoxy groups -OCH3 is 1. The van der Waals surface area contributed by atoms with Gasteiger partial charge in [0.2, 0.25) is 5.91 Å². The van der Waals surface area contributed by atoms with Gasteiger partial charge >= 0.3 is 0 Å². The molecule has 2 aromatic carbocycles. The standard InChI is InChI=1S/C20H18F2N4O2S/c1-3-10-26-19(14-6-4-5-7-17(14)28-2)24-25-20(26)29-12-18(27)23-16-9-8-13(21)11-15(16)22/h3-9,11H,1,10,12H2,2H3,(H,23,27). The number of benzene rings is 2. The highest BCUT2D eigenvalue weighted by molar-refractivity contribution is 7.99. The van der Waals surface area contributed by atoms with Crippen molar-refractivity contribution in [3.05, 3.63) is 66.8 Å². The van der Waals surface area contributed by atoms with Crippen LogP contribution >= 0.6 is 11.8 Å². The first kappa shape index (κ1) is 20.5. The summed E-state index contributed by atoms with van der Waals surface area (Å²) in [7, 11) is 1.57. The van der Waals surface area contributed by atoms with Gasteiger partial charge in [-0.05, 0) is 24.3 Å². The second kappa shape index (κ2) is 9.33. The average molecular weight is 416 g/mol. The van der Waals surface area contributed by atoms with E-state index < -0.39 is 17.5 Å². The van der Waals surface area contributed by atoms with Crippen LogP contribution in [0.15, 0.2) is 60.3 Å². The minimum atomic E-state index is -0.836. The maximum absolute atomic E-state index is 13.7. The van der Waals surface area contributed by atoms with Crippen LogP contribution in [0, 0.1) is 11.6 Å². The van der Waals surface area contributed by atoms with Crippen LogP contribution in [0.2, 0.25) is 0 Å². The van der Waals surface area contributed by atoms with Gasteiger partial charge in [-0.3, -0.25) is 9.36 Å². The molecule has 3 aromatic rings. The molecule has 0 spiro atoms. The van der Waals surface area contributed by atoms with E-state index in [9.17, 15) is 13.6 Å². The third-order valence-corrected chi connectivity index (χ3v) is 4.88. The minimum Gasteiger partial charge on any atom is -0.496 e. The number of hydrogen-bond acceptors (Lipinski definition) is 5. The third kappa shape index (κ3) is 4.80. The number of halogens is 2. The molecule has 0 aliphatic rings. The van der Waals surface area contributed by atoms with Crippen molar-refractivity contribution in [1.29, 1.82) is 0 Å². The van der Waals surface area contributed by atoms with Gasteiger partial charge in [0, 0.05) is 12.6 Å². The number of allylic oxidation sites excluding steroid dienone is 1. The van der Waals surface area contributed by atoms with Gasteiger partial charge in [-0.1, -0.05) is 30.0 Å². The first-order valence-corrected chi connectivity index (χ1v) is 9.57. The molecule has 0 unspecified atom stereocenters. The van der Waals surface area contributed by atoms with Crippen LogP contribution in [0.5, 0.6) is 5.75 Å². The molecule has 0 aliphatic heterocycles. The summed E-state index contributed by atoms with van der Waals surface area (Å²) in [5.41, 5.74) is 0.674. The normalized spacial score (nSPS) is 10.6. The molecular formula is C20H18F2N4O2S. The molecule has 0 bridgehead atoms. The Hall–Kier alpha value is -3.20. The van der Waals surface area contributed by atoms with Gasteiger partial charge in [-0.15, -0.1) is 16.8 Å². The highest BCUT2D eigenvalue weighted by Gasteiger charge is 2.18. The SMILES string of the molecule is C=CCn1c(SCC(=O)Nc2ccc(F)cc2F)nnc1-c1ccccc1OC. The number of rotatable bonds is 8. The van der Waals surface area contributed by atoms with Crippen molar-refractivity contribution in [3.63, 3.8) is 0 Å². The topological polar surface area (TPSA) is 69.0 Å². The average Bonchev–Trinajstić information content (AvgIpc) is 3.11. The maximum Gasteiger partial charge on any atom is 0.234 e. The van der Waals surface area contributed by atoms with E-state index in [1.807, 2.05) is 24.3 Å². The summed E-state index contributed by atoms with van der Waals surface area (Å²) in [6, 6.07) is 10.4. The number of hydrogen-bond donors (Lipinski definition) is 1. The molecule has 1 N–H and O–H groups in total. The zero-order valence-corrected chi connectivity index (χ0v) is 16.4. The molecule has 0 atom stereocenters. The number of anilines is 1. The summed E-state index contributed by atoms with van der Waals surface area (Å²) in [5.74, 6) is -0.806. The maximum atomic E-state index is 13.7. The van der Waals surface area contributed by atoms with Gasteiger partial charge in [0.05, 0.1) is 24.1 Å². The number of para-hydroxylation sites is 1. The molecule has 1 aromatic heterocycles. The molecule has 0 saturated heterocycles. The van der Waals surface area contributed by atoms with Crippen molar-refractivity contribution in [2.24, 2.45) is 0 Å². The lowest BCUT2D eigenvalue weighted by Gasteiger charge is -2.10. The molecule has 9 heteroatoms. The molecule has 0 fully saturated rings. The van der Waals surface area contributed by atoms with Gasteiger partial charge in [0.25, 0.3) is 0 Å². The molecule has 150 valence electrons. The summed E-state index contributed by atoms with van der Waals surface area (Å²) >= 11 is 1.14. The largest absolute Gasteiger partial charge is 0.496 e. The Morgan fingerprint density at radius 3 is 2.79 bits per heavy atom. The summed E-state index contributed by atoms with van der Waals surface area (Å²) in [4.78, 5) is 12.2. The summed E-state index contributed by atoms with van der Waals surface area (Å²) in [6.07, 6.45) is 1.69. The van der Waals surface area contributed by atoms with Crippen molar-refractivity contribution < 1.29 is 18.3 Å². The number of aromatic nitrogens is 3. The van der Waals surface area contributed by atoms with E-state index in [0.29, 0.717) is 29.3 Å². The molecule has 0 aliphatic carbocycles. The number of carbonyl (C=O) groups is 1. The van der Waals surface area contributed by atoms with Crippen LogP contribution in [0.1, 0.15) is 0 Å². The van der Waals surface area contributed by atoms with Crippen LogP contribution in [0.3, 0.4) is 0 Å².